The Labute approximate surface area is 92.8 Å². The van der Waals surface area contributed by atoms with E-state index in [0.29, 0.717) is 13.2 Å². The number of hydrogen-bond acceptors (Lipinski definition) is 5. The summed E-state index contributed by atoms with van der Waals surface area (Å²) in [6.45, 7) is 2.37. The van der Waals surface area contributed by atoms with Crippen molar-refractivity contribution >= 4 is 11.9 Å². The lowest BCUT2D eigenvalue weighted by Crippen LogP contribution is -2.30. The molecule has 0 spiro atoms. The van der Waals surface area contributed by atoms with E-state index in [1.807, 2.05) is 0 Å². The molecule has 1 N–H and O–H groups in total. The standard InChI is InChI=1S/C9H14N4O3/c1-3-16-7(14)4-5-13(2)9(15)8-10-6-11-12-8/h6H,3-5H2,1-2H3,(H,10,11,12). The maximum absolute atomic E-state index is 11.6. The van der Waals surface area contributed by atoms with Gasteiger partial charge in [-0.1, -0.05) is 0 Å². The van der Waals surface area contributed by atoms with Gasteiger partial charge in [0.15, 0.2) is 0 Å². The van der Waals surface area contributed by atoms with Crippen LogP contribution in [0, 0.1) is 0 Å². The fraction of sp³-hybridized carbons (Fsp3) is 0.556. The summed E-state index contributed by atoms with van der Waals surface area (Å²) in [5.74, 6) is -0.465. The lowest BCUT2D eigenvalue weighted by atomic mass is 10.4. The SMILES string of the molecule is CCOC(=O)CCN(C)C(=O)c1ncn[nH]1. The molecule has 1 amide bonds. The maximum Gasteiger partial charge on any atom is 0.307 e. The third kappa shape index (κ3) is 3.34. The Morgan fingerprint density at radius 1 is 1.56 bits per heavy atom. The summed E-state index contributed by atoms with van der Waals surface area (Å²) < 4.78 is 4.75. The van der Waals surface area contributed by atoms with Crippen LogP contribution in [0.25, 0.3) is 0 Å². The van der Waals surface area contributed by atoms with Gasteiger partial charge in [-0.15, -0.1) is 0 Å². The van der Waals surface area contributed by atoms with Gasteiger partial charge in [0, 0.05) is 13.6 Å². The van der Waals surface area contributed by atoms with E-state index in [2.05, 4.69) is 15.2 Å². The van der Waals surface area contributed by atoms with Crippen LogP contribution in [0.1, 0.15) is 24.0 Å². The van der Waals surface area contributed by atoms with Crippen LogP contribution in [0.4, 0.5) is 0 Å². The van der Waals surface area contributed by atoms with E-state index in [4.69, 9.17) is 4.74 Å². The highest BCUT2D eigenvalue weighted by Gasteiger charge is 2.15. The molecule has 0 aliphatic heterocycles. The molecule has 7 nitrogen and oxygen atoms in total. The second kappa shape index (κ2) is 5.84. The molecule has 0 saturated carbocycles. The number of esters is 1. The quantitative estimate of drug-likeness (QED) is 0.704. The monoisotopic (exact) mass is 226 g/mol. The molecular formula is C9H14N4O3. The average Bonchev–Trinajstić information content (AvgIpc) is 2.78. The average molecular weight is 226 g/mol. The number of amides is 1. The van der Waals surface area contributed by atoms with Gasteiger partial charge in [0.05, 0.1) is 13.0 Å². The summed E-state index contributed by atoms with van der Waals surface area (Å²) in [6.07, 6.45) is 1.43. The molecule has 0 bridgehead atoms. The summed E-state index contributed by atoms with van der Waals surface area (Å²) in [5.41, 5.74) is 0. The summed E-state index contributed by atoms with van der Waals surface area (Å²) in [5, 5.41) is 6.04. The Hall–Kier alpha value is -1.92. The van der Waals surface area contributed by atoms with E-state index in [0.717, 1.165) is 0 Å². The summed E-state index contributed by atoms with van der Waals surface area (Å²) in [6, 6.07) is 0. The third-order valence-electron chi connectivity index (χ3n) is 1.92. The van der Waals surface area contributed by atoms with Gasteiger partial charge in [0.2, 0.25) is 5.82 Å². The van der Waals surface area contributed by atoms with Crippen molar-refractivity contribution < 1.29 is 14.3 Å². The van der Waals surface area contributed by atoms with Gasteiger partial charge in [-0.05, 0) is 6.92 Å². The zero-order valence-electron chi connectivity index (χ0n) is 9.27. The fourth-order valence-electron chi connectivity index (χ4n) is 1.08. The zero-order valence-corrected chi connectivity index (χ0v) is 9.27. The molecule has 0 aliphatic rings. The molecule has 0 radical (unpaired) electrons. The van der Waals surface area contributed by atoms with Crippen LogP contribution in [-0.2, 0) is 9.53 Å². The first-order valence-corrected chi connectivity index (χ1v) is 4.91. The number of aromatic amines is 1. The molecule has 0 saturated heterocycles. The van der Waals surface area contributed by atoms with Crippen molar-refractivity contribution in [2.75, 3.05) is 20.2 Å². The van der Waals surface area contributed by atoms with Gasteiger partial charge >= 0.3 is 5.97 Å². The molecule has 16 heavy (non-hydrogen) atoms. The number of aromatic nitrogens is 3. The van der Waals surface area contributed by atoms with Crippen molar-refractivity contribution in [1.82, 2.24) is 20.1 Å². The molecule has 0 unspecified atom stereocenters. The highest BCUT2D eigenvalue weighted by atomic mass is 16.5. The van der Waals surface area contributed by atoms with E-state index in [-0.39, 0.29) is 24.1 Å². The number of nitrogens with zero attached hydrogens (tertiary/aromatic N) is 3. The van der Waals surface area contributed by atoms with E-state index in [1.54, 1.807) is 14.0 Å². The molecule has 0 aliphatic carbocycles. The third-order valence-corrected chi connectivity index (χ3v) is 1.92. The van der Waals surface area contributed by atoms with Crippen molar-refractivity contribution in [3.8, 4) is 0 Å². The number of H-pyrrole nitrogens is 1. The highest BCUT2D eigenvalue weighted by molar-refractivity contribution is 5.90. The molecule has 7 heteroatoms. The summed E-state index contributed by atoms with van der Waals surface area (Å²) in [4.78, 5) is 27.8. The van der Waals surface area contributed by atoms with Gasteiger partial charge in [0.25, 0.3) is 5.91 Å². The Kier molecular flexibility index (Phi) is 4.43. The topological polar surface area (TPSA) is 88.2 Å². The zero-order chi connectivity index (χ0) is 12.0. The predicted octanol–water partition coefficient (Wildman–Crippen LogP) is -0.170. The number of ether oxygens (including phenoxy) is 1. The smallest absolute Gasteiger partial charge is 0.307 e. The van der Waals surface area contributed by atoms with Gasteiger partial charge in [-0.3, -0.25) is 14.7 Å². The maximum atomic E-state index is 11.6. The van der Waals surface area contributed by atoms with Crippen LogP contribution in [-0.4, -0.2) is 52.2 Å². The van der Waals surface area contributed by atoms with Crippen molar-refractivity contribution in [3.05, 3.63) is 12.2 Å². The van der Waals surface area contributed by atoms with Gasteiger partial charge in [-0.2, -0.15) is 5.10 Å². The first kappa shape index (κ1) is 12.2. The Bertz CT molecular complexity index is 350. The normalized spacial score (nSPS) is 9.88. The van der Waals surface area contributed by atoms with Crippen LogP contribution in [0.15, 0.2) is 6.33 Å². The van der Waals surface area contributed by atoms with Gasteiger partial charge in [-0.25, -0.2) is 4.98 Å². The van der Waals surface area contributed by atoms with Gasteiger partial charge < -0.3 is 9.64 Å². The molecule has 0 aromatic carbocycles. The minimum Gasteiger partial charge on any atom is -0.466 e. The van der Waals surface area contributed by atoms with Crippen LogP contribution in [0.2, 0.25) is 0 Å². The second-order valence-electron chi connectivity index (χ2n) is 3.12. The minimum atomic E-state index is -0.320. The molecule has 1 rings (SSSR count). The van der Waals surface area contributed by atoms with Gasteiger partial charge in [0.1, 0.15) is 6.33 Å². The summed E-state index contributed by atoms with van der Waals surface area (Å²) >= 11 is 0. The van der Waals surface area contributed by atoms with E-state index < -0.39 is 0 Å². The Morgan fingerprint density at radius 3 is 2.88 bits per heavy atom. The minimum absolute atomic E-state index is 0.159. The number of rotatable bonds is 5. The van der Waals surface area contributed by atoms with Crippen molar-refractivity contribution in [1.29, 1.82) is 0 Å². The molecule has 88 valence electrons. The molecular weight excluding hydrogens is 212 g/mol. The predicted molar refractivity (Wildman–Crippen MR) is 54.6 cm³/mol. The molecule has 0 fully saturated rings. The van der Waals surface area contributed by atoms with Crippen LogP contribution < -0.4 is 0 Å². The lowest BCUT2D eigenvalue weighted by molar-refractivity contribution is -0.143. The first-order valence-electron chi connectivity index (χ1n) is 4.91. The highest BCUT2D eigenvalue weighted by Crippen LogP contribution is 1.97. The Balaban J connectivity index is 2.38. The van der Waals surface area contributed by atoms with Crippen molar-refractivity contribution in [2.45, 2.75) is 13.3 Å². The summed E-state index contributed by atoms with van der Waals surface area (Å²) in [7, 11) is 1.59. The van der Waals surface area contributed by atoms with E-state index in [9.17, 15) is 9.59 Å². The number of nitrogens with one attached hydrogen (secondary N) is 1. The van der Waals surface area contributed by atoms with Crippen LogP contribution in [0.5, 0.6) is 0 Å². The van der Waals surface area contributed by atoms with E-state index >= 15 is 0 Å². The Morgan fingerprint density at radius 2 is 2.31 bits per heavy atom. The second-order valence-corrected chi connectivity index (χ2v) is 3.12. The largest absolute Gasteiger partial charge is 0.466 e. The van der Waals surface area contributed by atoms with Crippen molar-refractivity contribution in [3.63, 3.8) is 0 Å². The molecule has 1 aromatic rings. The van der Waals surface area contributed by atoms with Crippen molar-refractivity contribution in [2.24, 2.45) is 0 Å². The van der Waals surface area contributed by atoms with E-state index in [1.165, 1.54) is 11.2 Å². The molecule has 0 atom stereocenters. The van der Waals surface area contributed by atoms with Crippen LogP contribution in [0.3, 0.4) is 0 Å². The number of carbonyl (C=O) groups is 2. The first-order chi connectivity index (χ1) is 7.65. The number of hydrogen-bond donors (Lipinski definition) is 1. The van der Waals surface area contributed by atoms with Crippen LogP contribution >= 0.6 is 0 Å². The fourth-order valence-corrected chi connectivity index (χ4v) is 1.08. The molecule has 1 heterocycles. The molecule has 1 aromatic heterocycles. The number of carbonyl (C=O) groups excluding carboxylic acids is 2. The lowest BCUT2D eigenvalue weighted by Gasteiger charge is -2.14.